The monoisotopic (exact) mass is 364 g/mol. The van der Waals surface area contributed by atoms with E-state index in [1.807, 2.05) is 0 Å². The third-order valence-electron chi connectivity index (χ3n) is 4.76. The quantitative estimate of drug-likeness (QED) is 0.264. The van der Waals surface area contributed by atoms with Crippen LogP contribution in [0.25, 0.3) is 0 Å². The molecule has 0 aliphatic rings. The summed E-state index contributed by atoms with van der Waals surface area (Å²) in [4.78, 5) is 0. The molecule has 146 valence electrons. The van der Waals surface area contributed by atoms with Gasteiger partial charge in [-0.3, -0.25) is 4.55 Å². The molecule has 0 amide bonds. The Morgan fingerprint density at radius 1 is 0.667 bits per heavy atom. The van der Waals surface area contributed by atoms with E-state index in [1.165, 1.54) is 19.3 Å². The smallest absolute Gasteiger partial charge is 0.267 e. The maximum absolute atomic E-state index is 11.5. The van der Waals surface area contributed by atoms with Gasteiger partial charge in [0.2, 0.25) is 0 Å². The van der Waals surface area contributed by atoms with E-state index in [0.29, 0.717) is 12.8 Å². The number of rotatable bonds is 17. The molecular weight excluding hydrogens is 324 g/mol. The third kappa shape index (κ3) is 14.2. The fourth-order valence-corrected chi connectivity index (χ4v) is 4.05. The SMILES string of the molecule is CCCCCCC(O)CCCCCC(CCCCCC)S(=O)(=O)O. The van der Waals surface area contributed by atoms with Crippen molar-refractivity contribution in [2.45, 2.75) is 122 Å². The highest BCUT2D eigenvalue weighted by molar-refractivity contribution is 7.86. The largest absolute Gasteiger partial charge is 0.393 e. The molecule has 0 aromatic carbocycles. The fraction of sp³-hybridized carbons (Fsp3) is 1.00. The maximum atomic E-state index is 11.5. The van der Waals surface area contributed by atoms with Crippen LogP contribution >= 0.6 is 0 Å². The maximum Gasteiger partial charge on any atom is 0.267 e. The Kier molecular flexibility index (Phi) is 15.1. The van der Waals surface area contributed by atoms with Crippen LogP contribution in [0.4, 0.5) is 0 Å². The molecule has 24 heavy (non-hydrogen) atoms. The van der Waals surface area contributed by atoms with Gasteiger partial charge in [-0.05, 0) is 25.7 Å². The molecule has 0 rings (SSSR count). The van der Waals surface area contributed by atoms with Crippen molar-refractivity contribution in [3.8, 4) is 0 Å². The van der Waals surface area contributed by atoms with Crippen molar-refractivity contribution in [2.75, 3.05) is 0 Å². The predicted molar refractivity (Wildman–Crippen MR) is 102 cm³/mol. The van der Waals surface area contributed by atoms with Gasteiger partial charge in [0.25, 0.3) is 10.1 Å². The number of hydrogen-bond acceptors (Lipinski definition) is 3. The third-order valence-corrected chi connectivity index (χ3v) is 6.07. The molecule has 0 aliphatic heterocycles. The van der Waals surface area contributed by atoms with Crippen molar-refractivity contribution < 1.29 is 18.1 Å². The average molecular weight is 365 g/mol. The average Bonchev–Trinajstić information content (AvgIpc) is 2.52. The van der Waals surface area contributed by atoms with E-state index in [1.54, 1.807) is 0 Å². The van der Waals surface area contributed by atoms with Crippen molar-refractivity contribution >= 4 is 10.1 Å². The van der Waals surface area contributed by atoms with Crippen molar-refractivity contribution in [1.82, 2.24) is 0 Å². The molecule has 4 nitrogen and oxygen atoms in total. The Morgan fingerprint density at radius 2 is 1.04 bits per heavy atom. The topological polar surface area (TPSA) is 74.6 Å². The second-order valence-electron chi connectivity index (χ2n) is 7.13. The standard InChI is InChI=1S/C19H40O4S/c1-3-5-7-10-14-18(20)15-11-9-13-17-19(24(21,22)23)16-12-8-6-4-2/h18-20H,3-17H2,1-2H3,(H,21,22,23). The first kappa shape index (κ1) is 23.9. The first-order valence-corrected chi connectivity index (χ1v) is 11.6. The lowest BCUT2D eigenvalue weighted by atomic mass is 10.0. The summed E-state index contributed by atoms with van der Waals surface area (Å²) in [7, 11) is -3.92. The Morgan fingerprint density at radius 3 is 1.42 bits per heavy atom. The summed E-state index contributed by atoms with van der Waals surface area (Å²) in [6.45, 7) is 4.30. The molecule has 0 aromatic rings. The van der Waals surface area contributed by atoms with Crippen LogP contribution in [-0.4, -0.2) is 29.4 Å². The van der Waals surface area contributed by atoms with E-state index in [2.05, 4.69) is 13.8 Å². The van der Waals surface area contributed by atoms with Crippen LogP contribution in [-0.2, 0) is 10.1 Å². The van der Waals surface area contributed by atoms with Crippen molar-refractivity contribution in [3.63, 3.8) is 0 Å². The normalized spacial score (nSPS) is 14.7. The van der Waals surface area contributed by atoms with E-state index in [-0.39, 0.29) is 6.10 Å². The van der Waals surface area contributed by atoms with E-state index in [4.69, 9.17) is 0 Å². The van der Waals surface area contributed by atoms with Gasteiger partial charge >= 0.3 is 0 Å². The van der Waals surface area contributed by atoms with E-state index in [9.17, 15) is 18.1 Å². The number of aliphatic hydroxyl groups excluding tert-OH is 1. The van der Waals surface area contributed by atoms with Crippen LogP contribution in [0.1, 0.15) is 110 Å². The Labute approximate surface area is 150 Å². The minimum atomic E-state index is -3.92. The molecule has 0 aliphatic carbocycles. The molecule has 5 heteroatoms. The Balaban J connectivity index is 3.79. The highest BCUT2D eigenvalue weighted by Gasteiger charge is 2.21. The Hall–Kier alpha value is -0.130. The number of hydrogen-bond donors (Lipinski definition) is 2. The molecule has 0 saturated heterocycles. The van der Waals surface area contributed by atoms with Crippen molar-refractivity contribution in [2.24, 2.45) is 0 Å². The van der Waals surface area contributed by atoms with Crippen LogP contribution in [0.5, 0.6) is 0 Å². The number of aliphatic hydroxyl groups is 1. The zero-order valence-electron chi connectivity index (χ0n) is 15.9. The molecule has 2 atom stereocenters. The molecule has 2 unspecified atom stereocenters. The highest BCUT2D eigenvalue weighted by atomic mass is 32.2. The summed E-state index contributed by atoms with van der Waals surface area (Å²) in [6, 6.07) is 0. The van der Waals surface area contributed by atoms with Crippen LogP contribution in [0.3, 0.4) is 0 Å². The fourth-order valence-electron chi connectivity index (χ4n) is 3.12. The summed E-state index contributed by atoms with van der Waals surface area (Å²) < 4.78 is 32.3. The van der Waals surface area contributed by atoms with Gasteiger partial charge in [-0.25, -0.2) is 0 Å². The molecule has 0 heterocycles. The summed E-state index contributed by atoms with van der Waals surface area (Å²) in [5, 5.41) is 9.31. The van der Waals surface area contributed by atoms with Gasteiger partial charge in [-0.1, -0.05) is 84.5 Å². The minimum Gasteiger partial charge on any atom is -0.393 e. The lowest BCUT2D eigenvalue weighted by molar-refractivity contribution is 0.147. The summed E-state index contributed by atoms with van der Waals surface area (Å²) >= 11 is 0. The van der Waals surface area contributed by atoms with Gasteiger partial charge in [-0.15, -0.1) is 0 Å². The predicted octanol–water partition coefficient (Wildman–Crippen LogP) is 5.50. The van der Waals surface area contributed by atoms with Crippen LogP contribution < -0.4 is 0 Å². The number of unbranched alkanes of at least 4 members (excludes halogenated alkanes) is 8. The second-order valence-corrected chi connectivity index (χ2v) is 8.82. The van der Waals surface area contributed by atoms with Crippen molar-refractivity contribution in [1.29, 1.82) is 0 Å². The molecular formula is C19H40O4S. The summed E-state index contributed by atoms with van der Waals surface area (Å²) in [5.41, 5.74) is 0. The highest BCUT2D eigenvalue weighted by Crippen LogP contribution is 2.19. The first-order chi connectivity index (χ1) is 11.4. The summed E-state index contributed by atoms with van der Waals surface area (Å²) in [5.74, 6) is 0. The van der Waals surface area contributed by atoms with Gasteiger partial charge < -0.3 is 5.11 Å². The zero-order valence-corrected chi connectivity index (χ0v) is 16.7. The van der Waals surface area contributed by atoms with Gasteiger partial charge in [0.1, 0.15) is 0 Å². The van der Waals surface area contributed by atoms with Gasteiger partial charge in [0.05, 0.1) is 11.4 Å². The van der Waals surface area contributed by atoms with E-state index >= 15 is 0 Å². The Bertz CT molecular complexity index is 368. The zero-order chi connectivity index (χ0) is 18.3. The molecule has 2 N–H and O–H groups in total. The first-order valence-electron chi connectivity index (χ1n) is 10.1. The second kappa shape index (κ2) is 15.2. The molecule has 0 aromatic heterocycles. The van der Waals surface area contributed by atoms with Gasteiger partial charge in [0.15, 0.2) is 0 Å². The molecule has 0 spiro atoms. The molecule has 0 saturated carbocycles. The van der Waals surface area contributed by atoms with Gasteiger partial charge in [-0.2, -0.15) is 8.42 Å². The van der Waals surface area contributed by atoms with E-state index < -0.39 is 15.4 Å². The lowest BCUT2D eigenvalue weighted by Crippen LogP contribution is -2.20. The van der Waals surface area contributed by atoms with Crippen LogP contribution in [0.2, 0.25) is 0 Å². The van der Waals surface area contributed by atoms with Crippen LogP contribution in [0, 0.1) is 0 Å². The molecule has 0 bridgehead atoms. The van der Waals surface area contributed by atoms with Crippen molar-refractivity contribution in [3.05, 3.63) is 0 Å². The molecule has 0 radical (unpaired) electrons. The lowest BCUT2D eigenvalue weighted by Gasteiger charge is -2.14. The minimum absolute atomic E-state index is 0.215. The van der Waals surface area contributed by atoms with Gasteiger partial charge in [0, 0.05) is 0 Å². The molecule has 0 fully saturated rings. The van der Waals surface area contributed by atoms with E-state index in [0.717, 1.165) is 64.2 Å². The summed E-state index contributed by atoms with van der Waals surface area (Å²) in [6.07, 6.45) is 14.1. The van der Waals surface area contributed by atoms with Crippen LogP contribution in [0.15, 0.2) is 0 Å².